The van der Waals surface area contributed by atoms with E-state index < -0.39 is 23.4 Å². The van der Waals surface area contributed by atoms with Crippen molar-refractivity contribution in [2.75, 3.05) is 0 Å². The second-order valence-electron chi connectivity index (χ2n) is 9.13. The SMILES string of the molecule is O=C(C(CC1=CCC(O)(O)C=C1)c1ccccc1)C(CC1=CCC(O)(O)C=C1)c1ccccc1. The predicted molar refractivity (Wildman–Crippen MR) is 131 cm³/mol. The molecule has 176 valence electrons. The quantitative estimate of drug-likeness (QED) is 0.448. The van der Waals surface area contributed by atoms with E-state index in [1.165, 1.54) is 12.2 Å². The van der Waals surface area contributed by atoms with Crippen molar-refractivity contribution in [2.45, 2.75) is 49.1 Å². The van der Waals surface area contributed by atoms with Gasteiger partial charge in [0.15, 0.2) is 11.6 Å². The van der Waals surface area contributed by atoms with Crippen molar-refractivity contribution in [1.29, 1.82) is 0 Å². The third kappa shape index (κ3) is 6.07. The molecular formula is C29H30O5. The molecule has 4 N–H and O–H groups in total. The molecule has 0 amide bonds. The van der Waals surface area contributed by atoms with Crippen LogP contribution in [0.25, 0.3) is 0 Å². The molecule has 2 aromatic carbocycles. The highest BCUT2D eigenvalue weighted by molar-refractivity contribution is 5.92. The van der Waals surface area contributed by atoms with E-state index in [4.69, 9.17) is 0 Å². The Hall–Kier alpha value is -3.09. The number of benzene rings is 2. The van der Waals surface area contributed by atoms with E-state index in [0.29, 0.717) is 12.8 Å². The van der Waals surface area contributed by atoms with Crippen LogP contribution >= 0.6 is 0 Å². The van der Waals surface area contributed by atoms with Gasteiger partial charge in [0.2, 0.25) is 0 Å². The van der Waals surface area contributed by atoms with Crippen molar-refractivity contribution in [3.05, 3.63) is 119 Å². The largest absolute Gasteiger partial charge is 0.362 e. The van der Waals surface area contributed by atoms with E-state index >= 15 is 0 Å². The molecule has 0 aliphatic heterocycles. The van der Waals surface area contributed by atoms with Crippen LogP contribution in [0, 0.1) is 0 Å². The van der Waals surface area contributed by atoms with Gasteiger partial charge in [0.05, 0.1) is 0 Å². The molecular weight excluding hydrogens is 428 g/mol. The molecule has 0 saturated heterocycles. The van der Waals surface area contributed by atoms with Gasteiger partial charge in [-0.15, -0.1) is 0 Å². The molecule has 5 heteroatoms. The first kappa shape index (κ1) is 24.0. The number of Topliss-reactive ketones (excluding diaryl/α,β-unsaturated/α-hetero) is 1. The van der Waals surface area contributed by atoms with E-state index in [1.807, 2.05) is 60.7 Å². The van der Waals surface area contributed by atoms with E-state index in [0.717, 1.165) is 22.3 Å². The van der Waals surface area contributed by atoms with Crippen LogP contribution in [0.15, 0.2) is 108 Å². The lowest BCUT2D eigenvalue weighted by atomic mass is 9.77. The third-order valence-corrected chi connectivity index (χ3v) is 6.43. The summed E-state index contributed by atoms with van der Waals surface area (Å²) in [6.45, 7) is 0. The Kier molecular flexibility index (Phi) is 7.10. The van der Waals surface area contributed by atoms with Gasteiger partial charge in [0.25, 0.3) is 0 Å². The molecule has 34 heavy (non-hydrogen) atoms. The summed E-state index contributed by atoms with van der Waals surface area (Å²) in [7, 11) is 0. The van der Waals surface area contributed by atoms with Crippen molar-refractivity contribution < 1.29 is 25.2 Å². The molecule has 0 saturated carbocycles. The zero-order valence-electron chi connectivity index (χ0n) is 18.9. The highest BCUT2D eigenvalue weighted by atomic mass is 16.5. The Labute approximate surface area is 199 Å². The number of carbonyl (C=O) groups excluding carboxylic acids is 1. The topological polar surface area (TPSA) is 98.0 Å². The maximum Gasteiger partial charge on any atom is 0.186 e. The second-order valence-corrected chi connectivity index (χ2v) is 9.13. The van der Waals surface area contributed by atoms with Crippen molar-refractivity contribution >= 4 is 5.78 Å². The molecule has 2 aliphatic carbocycles. The predicted octanol–water partition coefficient (Wildman–Crippen LogP) is 4.04. The average Bonchev–Trinajstić information content (AvgIpc) is 2.83. The van der Waals surface area contributed by atoms with Crippen LogP contribution in [0.4, 0.5) is 0 Å². The van der Waals surface area contributed by atoms with Crippen LogP contribution in [0.5, 0.6) is 0 Å². The van der Waals surface area contributed by atoms with Crippen molar-refractivity contribution in [3.8, 4) is 0 Å². The van der Waals surface area contributed by atoms with Gasteiger partial charge in [-0.25, -0.2) is 0 Å². The lowest BCUT2D eigenvalue weighted by Crippen LogP contribution is -2.27. The van der Waals surface area contributed by atoms with Gasteiger partial charge in [-0.2, -0.15) is 0 Å². The third-order valence-electron chi connectivity index (χ3n) is 6.43. The van der Waals surface area contributed by atoms with E-state index in [1.54, 1.807) is 24.3 Å². The summed E-state index contributed by atoms with van der Waals surface area (Å²) in [5.74, 6) is -4.48. The summed E-state index contributed by atoms with van der Waals surface area (Å²) >= 11 is 0. The molecule has 0 aromatic heterocycles. The van der Waals surface area contributed by atoms with Crippen LogP contribution in [0.3, 0.4) is 0 Å². The number of carbonyl (C=O) groups is 1. The minimum absolute atomic E-state index is 0.0654. The lowest BCUT2D eigenvalue weighted by molar-refractivity contribution is -0.122. The lowest BCUT2D eigenvalue weighted by Gasteiger charge is -2.27. The van der Waals surface area contributed by atoms with E-state index in [2.05, 4.69) is 0 Å². The minimum Gasteiger partial charge on any atom is -0.362 e. The number of hydrogen-bond donors (Lipinski definition) is 4. The van der Waals surface area contributed by atoms with Crippen molar-refractivity contribution in [3.63, 3.8) is 0 Å². The highest BCUT2D eigenvalue weighted by Crippen LogP contribution is 2.37. The van der Waals surface area contributed by atoms with E-state index in [9.17, 15) is 25.2 Å². The maximum absolute atomic E-state index is 14.1. The van der Waals surface area contributed by atoms with Gasteiger partial charge in [-0.3, -0.25) is 4.79 Å². The summed E-state index contributed by atoms with van der Waals surface area (Å²) in [5.41, 5.74) is 3.58. The first-order valence-corrected chi connectivity index (χ1v) is 11.5. The summed E-state index contributed by atoms with van der Waals surface area (Å²) in [6.07, 6.45) is 10.7. The average molecular weight is 459 g/mol. The Balaban J connectivity index is 1.66. The number of rotatable bonds is 8. The number of hydrogen-bond acceptors (Lipinski definition) is 5. The van der Waals surface area contributed by atoms with Crippen LogP contribution in [-0.2, 0) is 4.79 Å². The van der Waals surface area contributed by atoms with Gasteiger partial charge in [-0.1, -0.05) is 96.1 Å². The number of ketones is 1. The Bertz CT molecular complexity index is 1030. The van der Waals surface area contributed by atoms with Crippen LogP contribution in [-0.4, -0.2) is 37.8 Å². The zero-order valence-corrected chi connectivity index (χ0v) is 18.9. The Morgan fingerprint density at radius 1 is 0.676 bits per heavy atom. The smallest absolute Gasteiger partial charge is 0.186 e. The Morgan fingerprint density at radius 2 is 1.06 bits per heavy atom. The molecule has 2 unspecified atom stereocenters. The Morgan fingerprint density at radius 3 is 1.38 bits per heavy atom. The van der Waals surface area contributed by atoms with Crippen LogP contribution < -0.4 is 0 Å². The van der Waals surface area contributed by atoms with Gasteiger partial charge < -0.3 is 20.4 Å². The first-order valence-electron chi connectivity index (χ1n) is 11.5. The summed E-state index contributed by atoms with van der Waals surface area (Å²) in [4.78, 5) is 14.1. The zero-order chi connectivity index (χ0) is 24.2. The molecule has 2 atom stereocenters. The van der Waals surface area contributed by atoms with Gasteiger partial charge in [-0.05, 0) is 36.1 Å². The molecule has 0 heterocycles. The fourth-order valence-electron chi connectivity index (χ4n) is 4.47. The highest BCUT2D eigenvalue weighted by Gasteiger charge is 2.32. The minimum atomic E-state index is -1.85. The maximum atomic E-state index is 14.1. The summed E-state index contributed by atoms with van der Waals surface area (Å²) in [6, 6.07) is 19.3. The van der Waals surface area contributed by atoms with E-state index in [-0.39, 0.29) is 18.6 Å². The van der Waals surface area contributed by atoms with Crippen LogP contribution in [0.2, 0.25) is 0 Å². The normalized spacial score (nSPS) is 20.2. The standard InChI is InChI=1S/C29H30O5/c30-27(25(23-7-3-1-4-8-23)19-21-11-15-28(31,32)16-12-21)26(24-9-5-2-6-10-24)20-22-13-17-29(33,34)18-14-22/h1-15,17,25-26,31-34H,16,18-20H2. The van der Waals surface area contributed by atoms with Crippen molar-refractivity contribution in [2.24, 2.45) is 0 Å². The van der Waals surface area contributed by atoms with Gasteiger partial charge in [0, 0.05) is 24.7 Å². The fourth-order valence-corrected chi connectivity index (χ4v) is 4.47. The molecule has 0 spiro atoms. The fraction of sp³-hybridized carbons (Fsp3) is 0.276. The molecule has 0 fully saturated rings. The second kappa shape index (κ2) is 10.0. The molecule has 5 nitrogen and oxygen atoms in total. The monoisotopic (exact) mass is 458 g/mol. The molecule has 2 aromatic rings. The van der Waals surface area contributed by atoms with Gasteiger partial charge >= 0.3 is 0 Å². The van der Waals surface area contributed by atoms with Crippen LogP contribution in [0.1, 0.15) is 48.6 Å². The van der Waals surface area contributed by atoms with Crippen molar-refractivity contribution in [1.82, 2.24) is 0 Å². The number of allylic oxidation sites excluding steroid dienone is 4. The molecule has 0 bridgehead atoms. The first-order chi connectivity index (χ1) is 16.2. The molecule has 4 rings (SSSR count). The summed E-state index contributed by atoms with van der Waals surface area (Å²) < 4.78 is 0. The van der Waals surface area contributed by atoms with Gasteiger partial charge in [0.1, 0.15) is 5.78 Å². The number of aliphatic hydroxyl groups is 4. The molecule has 0 radical (unpaired) electrons. The molecule has 2 aliphatic rings. The summed E-state index contributed by atoms with van der Waals surface area (Å²) in [5, 5.41) is 39.3.